The van der Waals surface area contributed by atoms with Gasteiger partial charge in [0, 0.05) is 25.2 Å². The molecule has 0 bridgehead atoms. The van der Waals surface area contributed by atoms with Crippen LogP contribution in [0.15, 0.2) is 48.7 Å². The van der Waals surface area contributed by atoms with E-state index in [4.69, 9.17) is 56.0 Å². The summed E-state index contributed by atoms with van der Waals surface area (Å²) in [5, 5.41) is 54.4. The van der Waals surface area contributed by atoms with Crippen LogP contribution in [0.2, 0.25) is 0 Å². The number of hydrogen-bond acceptors (Lipinski definition) is 14. The minimum atomic E-state index is -1.75. The van der Waals surface area contributed by atoms with E-state index in [1.54, 1.807) is 41.4 Å². The van der Waals surface area contributed by atoms with E-state index in [9.17, 15) is 9.59 Å². The number of carbonyl (C=O) groups is 2. The first kappa shape index (κ1) is 49.2. The fourth-order valence-corrected chi connectivity index (χ4v) is 2.94. The Bertz CT molecular complexity index is 1100. The first-order chi connectivity index (χ1) is 19.5. The minimum absolute atomic E-state index is 0. The predicted molar refractivity (Wildman–Crippen MR) is 152 cm³/mol. The molecular formula is C23H33N7NdO13+. The van der Waals surface area contributed by atoms with Crippen LogP contribution in [0.1, 0.15) is 50.7 Å². The van der Waals surface area contributed by atoms with Crippen molar-refractivity contribution in [2.75, 3.05) is 6.61 Å². The molecule has 1 aromatic heterocycles. The Kier molecular flexibility index (Phi) is 33.5. The molecule has 2 rings (SSSR count). The molecule has 0 saturated carbocycles. The Morgan fingerprint density at radius 1 is 0.909 bits per heavy atom. The average molecular weight is 760 g/mol. The molecule has 0 aliphatic heterocycles. The van der Waals surface area contributed by atoms with E-state index < -0.39 is 15.3 Å². The molecule has 2 amide bonds. The fraction of sp³-hybridized carbons (Fsp3) is 0.391. The first-order valence-electron chi connectivity index (χ1n) is 11.5. The van der Waals surface area contributed by atoms with Crippen molar-refractivity contribution in [3.05, 3.63) is 106 Å². The molecule has 0 unspecified atom stereocenters. The van der Waals surface area contributed by atoms with Gasteiger partial charge in [-0.15, -0.1) is 0 Å². The van der Waals surface area contributed by atoms with Crippen molar-refractivity contribution in [1.82, 2.24) is 15.2 Å². The Labute approximate surface area is 284 Å². The quantitative estimate of drug-likeness (QED) is 0.228. The van der Waals surface area contributed by atoms with Gasteiger partial charge in [0.25, 0.3) is 11.8 Å². The number of nitrogens with one attached hydrogen (secondary N) is 1. The van der Waals surface area contributed by atoms with Gasteiger partial charge in [0.05, 0.1) is 39.1 Å². The van der Waals surface area contributed by atoms with Gasteiger partial charge in [-0.25, -0.2) is 0 Å². The third kappa shape index (κ3) is 30.5. The van der Waals surface area contributed by atoms with Crippen LogP contribution in [0.4, 0.5) is 0 Å². The van der Waals surface area contributed by atoms with Gasteiger partial charge in [0.15, 0.2) is 6.61 Å². The summed E-state index contributed by atoms with van der Waals surface area (Å²) in [4.78, 5) is 55.7. The van der Waals surface area contributed by atoms with Gasteiger partial charge >= 0.3 is 40.8 Å². The van der Waals surface area contributed by atoms with Crippen LogP contribution in [0.3, 0.4) is 0 Å². The number of nitriles is 1. The molecule has 1 aromatic carbocycles. The van der Waals surface area contributed by atoms with E-state index in [-0.39, 0.29) is 76.8 Å². The molecule has 0 spiro atoms. The SMILES string of the molecule is CC#N.CC(C)N(C(=O)COc1ccccc1C(=O)NCc1ccccn1)C(C)C.O=[N+]([O-])[O-].O=[N+]([O-])[O-].O=[N+]([O-])[O-].[Nd+3].[OH3+]. The van der Waals surface area contributed by atoms with Crippen LogP contribution >= 0.6 is 0 Å². The van der Waals surface area contributed by atoms with Crippen molar-refractivity contribution in [3.63, 3.8) is 0 Å². The molecule has 0 saturated heterocycles. The predicted octanol–water partition coefficient (Wildman–Crippen LogP) is 1.93. The minimum Gasteiger partial charge on any atom is -0.483 e. The zero-order chi connectivity index (χ0) is 33.3. The van der Waals surface area contributed by atoms with Crippen LogP contribution in [-0.4, -0.2) is 55.6 Å². The Morgan fingerprint density at radius 3 is 1.70 bits per heavy atom. The second-order valence-corrected chi connectivity index (χ2v) is 7.67. The van der Waals surface area contributed by atoms with Crippen molar-refractivity contribution in [2.24, 2.45) is 0 Å². The standard InChI is InChI=1S/C21H27N3O3.C2H3N.3NO3.Nd.H2O/c1-15(2)24(16(3)4)20(25)14-27-19-11-6-5-10-18(19)21(26)23-13-17-9-7-8-12-22-17;1-2-3;3*2-1(3)4;;/h5-12,15-16H,13-14H2,1-4H3,(H,23,26);1H3;;;;;1H2/q;;3*-1;+3;/p+1. The number of benzene rings is 1. The van der Waals surface area contributed by atoms with E-state index >= 15 is 0 Å². The smallest absolute Gasteiger partial charge is 0.483 e. The third-order valence-electron chi connectivity index (χ3n) is 4.04. The zero-order valence-electron chi connectivity index (χ0n) is 24.3. The second-order valence-electron chi connectivity index (χ2n) is 7.67. The van der Waals surface area contributed by atoms with Gasteiger partial charge in [0.2, 0.25) is 0 Å². The van der Waals surface area contributed by atoms with Crippen molar-refractivity contribution >= 4 is 11.8 Å². The first-order valence-corrected chi connectivity index (χ1v) is 11.5. The van der Waals surface area contributed by atoms with E-state index in [1.807, 2.05) is 45.9 Å². The number of ether oxygens (including phenoxy) is 1. The zero-order valence-corrected chi connectivity index (χ0v) is 27.6. The van der Waals surface area contributed by atoms with Crippen LogP contribution < -0.4 is 10.1 Å². The van der Waals surface area contributed by atoms with Gasteiger partial charge in [0.1, 0.15) is 5.75 Å². The maximum atomic E-state index is 12.5. The number of hydrogen-bond donors (Lipinski definition) is 1. The van der Waals surface area contributed by atoms with Crippen molar-refractivity contribution in [3.8, 4) is 11.8 Å². The van der Waals surface area contributed by atoms with Crippen molar-refractivity contribution < 1.29 is 75.9 Å². The largest absolute Gasteiger partial charge is 3.00 e. The number of aromatic nitrogens is 1. The van der Waals surface area contributed by atoms with E-state index in [0.29, 0.717) is 17.9 Å². The van der Waals surface area contributed by atoms with E-state index in [0.717, 1.165) is 5.69 Å². The number of carbonyl (C=O) groups excluding carboxylic acids is 2. The molecule has 0 fully saturated rings. The molecule has 1 radical (unpaired) electrons. The summed E-state index contributed by atoms with van der Waals surface area (Å²) in [6.07, 6.45) is 1.68. The molecule has 0 atom stereocenters. The molecule has 44 heavy (non-hydrogen) atoms. The molecule has 0 aliphatic rings. The molecule has 241 valence electrons. The second kappa shape index (κ2) is 30.0. The summed E-state index contributed by atoms with van der Waals surface area (Å²) < 4.78 is 5.69. The molecular weight excluding hydrogens is 727 g/mol. The normalized spacial score (nSPS) is 8.41. The summed E-state index contributed by atoms with van der Waals surface area (Å²) in [6.45, 7) is 9.52. The number of amides is 2. The maximum Gasteiger partial charge on any atom is 3.00 e. The van der Waals surface area contributed by atoms with Crippen molar-refractivity contribution in [1.29, 1.82) is 5.26 Å². The van der Waals surface area contributed by atoms with Crippen LogP contribution in [0.25, 0.3) is 0 Å². The monoisotopic (exact) mass is 757 g/mol. The van der Waals surface area contributed by atoms with E-state index in [1.165, 1.54) is 6.92 Å². The van der Waals surface area contributed by atoms with Crippen molar-refractivity contribution in [2.45, 2.75) is 53.2 Å². The van der Waals surface area contributed by atoms with Crippen LogP contribution in [0.5, 0.6) is 5.75 Å². The Balaban J connectivity index is -0.000000250. The number of nitrogens with zero attached hydrogens (tertiary/aromatic N) is 6. The Hall–Kier alpha value is -4.49. The summed E-state index contributed by atoms with van der Waals surface area (Å²) in [7, 11) is 0. The number of para-hydroxylation sites is 1. The van der Waals surface area contributed by atoms with Gasteiger partial charge in [-0.05, 0) is 52.0 Å². The topological polar surface area (TPSA) is 327 Å². The van der Waals surface area contributed by atoms with E-state index in [2.05, 4.69) is 10.3 Å². The fourth-order valence-electron chi connectivity index (χ4n) is 2.94. The summed E-state index contributed by atoms with van der Waals surface area (Å²) in [5.41, 5.74) is 1.16. The van der Waals surface area contributed by atoms with Gasteiger partial charge in [-0.2, -0.15) is 5.26 Å². The Morgan fingerprint density at radius 2 is 1.32 bits per heavy atom. The van der Waals surface area contributed by atoms with Gasteiger partial charge in [-0.3, -0.25) is 14.6 Å². The number of pyridine rings is 1. The average Bonchev–Trinajstić information content (AvgIpc) is 2.86. The summed E-state index contributed by atoms with van der Waals surface area (Å²) in [6, 6.07) is 14.4. The molecule has 21 heteroatoms. The molecule has 4 N–H and O–H groups in total. The van der Waals surface area contributed by atoms with Gasteiger partial charge in [-0.1, -0.05) is 18.2 Å². The molecule has 2 aromatic rings. The number of rotatable bonds is 8. The van der Waals surface area contributed by atoms with Gasteiger partial charge < -0.3 is 66.4 Å². The molecule has 20 nitrogen and oxygen atoms in total. The maximum absolute atomic E-state index is 12.5. The summed E-state index contributed by atoms with van der Waals surface area (Å²) in [5.74, 6) is 0.00815. The molecule has 1 heterocycles. The summed E-state index contributed by atoms with van der Waals surface area (Å²) >= 11 is 0. The third-order valence-corrected chi connectivity index (χ3v) is 4.04. The molecule has 0 aliphatic carbocycles. The van der Waals surface area contributed by atoms with Crippen LogP contribution in [-0.2, 0) is 16.8 Å². The van der Waals surface area contributed by atoms with Crippen LogP contribution in [0, 0.1) is 98.1 Å².